The summed E-state index contributed by atoms with van der Waals surface area (Å²) in [5, 5.41) is 2.66. The van der Waals surface area contributed by atoms with Gasteiger partial charge in [-0.3, -0.25) is 9.52 Å². The Balaban J connectivity index is 1.93. The third kappa shape index (κ3) is 5.24. The number of anilines is 2. The van der Waals surface area contributed by atoms with Gasteiger partial charge in [-0.15, -0.1) is 0 Å². The number of methoxy groups -OCH3 is 2. The number of ether oxygens (including phenoxy) is 2. The van der Waals surface area contributed by atoms with Crippen molar-refractivity contribution in [3.05, 3.63) is 76.0 Å². The van der Waals surface area contributed by atoms with Crippen LogP contribution in [0.4, 0.5) is 15.8 Å². The van der Waals surface area contributed by atoms with Gasteiger partial charge >= 0.3 is 0 Å². The summed E-state index contributed by atoms with van der Waals surface area (Å²) in [6, 6.07) is 11.6. The Morgan fingerprint density at radius 1 is 0.938 bits per heavy atom. The molecule has 0 bridgehead atoms. The Hall–Kier alpha value is -3.01. The molecule has 0 aliphatic carbocycles. The summed E-state index contributed by atoms with van der Waals surface area (Å²) in [7, 11) is -1.39. The maximum Gasteiger partial charge on any atom is 0.262 e. The SMILES string of the molecule is COc1cc(OC)c(NS(=O)(=O)c2ccc(Cl)c(C(=O)Nc3cccc(F)c3)c2)cc1Cl. The van der Waals surface area contributed by atoms with Gasteiger partial charge < -0.3 is 14.8 Å². The van der Waals surface area contributed by atoms with Crippen LogP contribution in [0.5, 0.6) is 11.5 Å². The highest BCUT2D eigenvalue weighted by Gasteiger charge is 2.21. The van der Waals surface area contributed by atoms with Gasteiger partial charge in [-0.2, -0.15) is 0 Å². The average Bonchev–Trinajstić information content (AvgIpc) is 2.73. The largest absolute Gasteiger partial charge is 0.495 e. The number of halogens is 3. The second-order valence-corrected chi connectivity index (χ2v) is 8.90. The predicted molar refractivity (Wildman–Crippen MR) is 121 cm³/mol. The fourth-order valence-electron chi connectivity index (χ4n) is 2.75. The van der Waals surface area contributed by atoms with Gasteiger partial charge in [-0.25, -0.2) is 12.8 Å². The average molecular weight is 499 g/mol. The molecule has 3 rings (SSSR count). The van der Waals surface area contributed by atoms with Gasteiger partial charge in [0.1, 0.15) is 17.3 Å². The van der Waals surface area contributed by atoms with Gasteiger partial charge in [-0.05, 0) is 42.5 Å². The molecule has 3 aromatic rings. The van der Waals surface area contributed by atoms with Crippen LogP contribution in [0.2, 0.25) is 10.0 Å². The summed E-state index contributed by atoms with van der Waals surface area (Å²) in [4.78, 5) is 12.4. The Labute approximate surface area is 194 Å². The van der Waals surface area contributed by atoms with Crippen molar-refractivity contribution in [1.82, 2.24) is 0 Å². The Morgan fingerprint density at radius 3 is 2.31 bits per heavy atom. The first-order valence-electron chi connectivity index (χ1n) is 8.95. The van der Waals surface area contributed by atoms with Crippen molar-refractivity contribution in [2.75, 3.05) is 24.3 Å². The predicted octanol–water partition coefficient (Wildman–Crippen LogP) is 5.20. The van der Waals surface area contributed by atoms with Gasteiger partial charge in [0.2, 0.25) is 0 Å². The van der Waals surface area contributed by atoms with Gasteiger partial charge in [-0.1, -0.05) is 29.3 Å². The molecule has 7 nitrogen and oxygen atoms in total. The maximum atomic E-state index is 13.4. The van der Waals surface area contributed by atoms with E-state index in [9.17, 15) is 17.6 Å². The molecule has 0 saturated heterocycles. The van der Waals surface area contributed by atoms with E-state index in [2.05, 4.69) is 10.0 Å². The fraction of sp³-hybridized carbons (Fsp3) is 0.0952. The van der Waals surface area contributed by atoms with Crippen LogP contribution >= 0.6 is 23.2 Å². The molecule has 32 heavy (non-hydrogen) atoms. The molecule has 2 N–H and O–H groups in total. The number of rotatable bonds is 7. The van der Waals surface area contributed by atoms with Crippen molar-refractivity contribution in [2.24, 2.45) is 0 Å². The maximum absolute atomic E-state index is 13.4. The van der Waals surface area contributed by atoms with Crippen LogP contribution in [0.15, 0.2) is 59.5 Å². The van der Waals surface area contributed by atoms with E-state index in [0.29, 0.717) is 5.75 Å². The summed E-state index contributed by atoms with van der Waals surface area (Å²) in [6.45, 7) is 0. The van der Waals surface area contributed by atoms with Crippen molar-refractivity contribution >= 4 is 50.5 Å². The minimum Gasteiger partial charge on any atom is -0.495 e. The van der Waals surface area contributed by atoms with Crippen LogP contribution in [0, 0.1) is 5.82 Å². The minimum atomic E-state index is -4.16. The highest BCUT2D eigenvalue weighted by atomic mass is 35.5. The Morgan fingerprint density at radius 2 is 1.66 bits per heavy atom. The molecule has 168 valence electrons. The smallest absolute Gasteiger partial charge is 0.262 e. The lowest BCUT2D eigenvalue weighted by Crippen LogP contribution is -2.17. The van der Waals surface area contributed by atoms with Crippen LogP contribution < -0.4 is 19.5 Å². The van der Waals surface area contributed by atoms with E-state index in [4.69, 9.17) is 32.7 Å². The summed E-state index contributed by atoms with van der Waals surface area (Å²) in [5.74, 6) is -0.772. The van der Waals surface area contributed by atoms with Gasteiger partial charge in [0.05, 0.1) is 40.4 Å². The third-order valence-corrected chi connectivity index (χ3v) is 6.28. The number of nitrogens with one attached hydrogen (secondary N) is 2. The number of amides is 1. The molecule has 0 fully saturated rings. The molecule has 0 unspecified atom stereocenters. The highest BCUT2D eigenvalue weighted by Crippen LogP contribution is 2.37. The van der Waals surface area contributed by atoms with Crippen molar-refractivity contribution in [3.8, 4) is 11.5 Å². The lowest BCUT2D eigenvalue weighted by molar-refractivity contribution is 0.102. The second-order valence-electron chi connectivity index (χ2n) is 6.40. The zero-order valence-corrected chi connectivity index (χ0v) is 19.1. The molecule has 0 aromatic heterocycles. The molecule has 0 saturated carbocycles. The first-order valence-corrected chi connectivity index (χ1v) is 11.2. The molecule has 0 heterocycles. The van der Waals surface area contributed by atoms with Crippen LogP contribution in [0.1, 0.15) is 10.4 Å². The molecule has 0 aliphatic heterocycles. The van der Waals surface area contributed by atoms with E-state index in [1.54, 1.807) is 0 Å². The van der Waals surface area contributed by atoms with E-state index in [-0.39, 0.29) is 37.6 Å². The third-order valence-electron chi connectivity index (χ3n) is 4.29. The molecule has 0 aliphatic rings. The summed E-state index contributed by atoms with van der Waals surface area (Å²) >= 11 is 12.2. The van der Waals surface area contributed by atoms with E-state index >= 15 is 0 Å². The van der Waals surface area contributed by atoms with Gasteiger partial charge in [0.25, 0.3) is 15.9 Å². The van der Waals surface area contributed by atoms with Crippen LogP contribution in [-0.4, -0.2) is 28.5 Å². The molecule has 0 radical (unpaired) electrons. The zero-order valence-electron chi connectivity index (χ0n) is 16.8. The van der Waals surface area contributed by atoms with Crippen molar-refractivity contribution in [2.45, 2.75) is 4.90 Å². The van der Waals surface area contributed by atoms with Crippen molar-refractivity contribution in [1.29, 1.82) is 0 Å². The Kier molecular flexibility index (Phi) is 7.12. The first-order chi connectivity index (χ1) is 15.1. The molecule has 11 heteroatoms. The summed E-state index contributed by atoms with van der Waals surface area (Å²) in [6.07, 6.45) is 0. The molecule has 1 amide bonds. The van der Waals surface area contributed by atoms with Gasteiger partial charge in [0.15, 0.2) is 0 Å². The molecular formula is C21H17Cl2FN2O5S. The number of hydrogen-bond acceptors (Lipinski definition) is 5. The monoisotopic (exact) mass is 498 g/mol. The molecule has 0 atom stereocenters. The minimum absolute atomic E-state index is 0.0166. The van der Waals surface area contributed by atoms with E-state index in [1.165, 1.54) is 56.7 Å². The lowest BCUT2D eigenvalue weighted by atomic mass is 10.2. The summed E-state index contributed by atoms with van der Waals surface area (Å²) in [5.41, 5.74) is 0.146. The van der Waals surface area contributed by atoms with E-state index < -0.39 is 21.7 Å². The van der Waals surface area contributed by atoms with Crippen molar-refractivity contribution < 1.29 is 27.1 Å². The Bertz CT molecular complexity index is 1290. The number of hydrogen-bond donors (Lipinski definition) is 2. The number of benzene rings is 3. The summed E-state index contributed by atoms with van der Waals surface area (Å²) < 4.78 is 52.0. The quantitative estimate of drug-likeness (QED) is 0.466. The lowest BCUT2D eigenvalue weighted by Gasteiger charge is -2.15. The zero-order chi connectivity index (χ0) is 23.5. The van der Waals surface area contributed by atoms with Crippen molar-refractivity contribution in [3.63, 3.8) is 0 Å². The molecular weight excluding hydrogens is 482 g/mol. The highest BCUT2D eigenvalue weighted by molar-refractivity contribution is 7.92. The normalized spacial score (nSPS) is 11.0. The fourth-order valence-corrected chi connectivity index (χ4v) is 4.28. The second kappa shape index (κ2) is 9.64. The van der Waals surface area contributed by atoms with E-state index in [0.717, 1.165) is 12.1 Å². The first kappa shape index (κ1) is 23.6. The number of carbonyl (C=O) groups excluding carboxylic acids is 1. The topological polar surface area (TPSA) is 93.7 Å². The number of carbonyl (C=O) groups is 1. The number of sulfonamides is 1. The standard InChI is InChI=1S/C21H17Cl2FN2O5S/c1-30-19-11-20(31-2)18(10-17(19)23)26-32(28,29)14-6-7-16(22)15(9-14)21(27)25-13-5-3-4-12(24)8-13/h3-11,26H,1-2H3,(H,25,27). The van der Waals surface area contributed by atoms with Crippen LogP contribution in [0.3, 0.4) is 0 Å². The molecule has 0 spiro atoms. The van der Waals surface area contributed by atoms with Crippen LogP contribution in [-0.2, 0) is 10.0 Å². The van der Waals surface area contributed by atoms with Gasteiger partial charge in [0, 0.05) is 11.8 Å². The van der Waals surface area contributed by atoms with E-state index in [1.807, 2.05) is 0 Å². The molecule has 3 aromatic carbocycles. The van der Waals surface area contributed by atoms with Crippen LogP contribution in [0.25, 0.3) is 0 Å².